The maximum atomic E-state index is 11.7. The molecule has 3 nitrogen and oxygen atoms in total. The molecule has 1 heterocycles. The number of hydrogen-bond donors (Lipinski definition) is 1. The Morgan fingerprint density at radius 2 is 2.00 bits per heavy atom. The number of aliphatic hydroxyl groups is 1. The van der Waals surface area contributed by atoms with Crippen molar-refractivity contribution in [2.45, 2.75) is 20.3 Å². The first-order valence-corrected chi connectivity index (χ1v) is 7.50. The molecule has 23 heavy (non-hydrogen) atoms. The summed E-state index contributed by atoms with van der Waals surface area (Å²) in [5.74, 6) is -0.0859. The Morgan fingerprint density at radius 3 is 2.65 bits per heavy atom. The van der Waals surface area contributed by atoms with Crippen LogP contribution in [0.25, 0.3) is 5.57 Å². The average molecular weight is 307 g/mol. The van der Waals surface area contributed by atoms with E-state index in [-0.39, 0.29) is 18.0 Å². The van der Waals surface area contributed by atoms with Gasteiger partial charge >= 0.3 is 0 Å². The van der Waals surface area contributed by atoms with Gasteiger partial charge in [-0.15, -0.1) is 0 Å². The Bertz CT molecular complexity index is 721. The number of hydrogen-bond acceptors (Lipinski definition) is 3. The first-order valence-electron chi connectivity index (χ1n) is 7.50. The van der Waals surface area contributed by atoms with Crippen LogP contribution >= 0.6 is 0 Å². The molecule has 1 N–H and O–H groups in total. The number of rotatable bonds is 4. The number of aliphatic hydroxyl groups excluding tert-OH is 1. The Kier molecular flexibility index (Phi) is 5.36. The third-order valence-electron chi connectivity index (χ3n) is 3.47. The summed E-state index contributed by atoms with van der Waals surface area (Å²) in [4.78, 5) is 13.4. The summed E-state index contributed by atoms with van der Waals surface area (Å²) in [6.45, 7) is 7.87. The van der Waals surface area contributed by atoms with E-state index in [4.69, 9.17) is 0 Å². The topological polar surface area (TPSA) is 40.5 Å². The summed E-state index contributed by atoms with van der Waals surface area (Å²) in [6, 6.07) is 10.00. The summed E-state index contributed by atoms with van der Waals surface area (Å²) in [7, 11) is 0. The molecule has 0 saturated heterocycles. The van der Waals surface area contributed by atoms with Crippen LogP contribution in [0.2, 0.25) is 0 Å². The highest BCUT2D eigenvalue weighted by atomic mass is 16.3. The van der Waals surface area contributed by atoms with Gasteiger partial charge in [-0.25, -0.2) is 0 Å². The average Bonchev–Trinajstić information content (AvgIpc) is 2.65. The molecule has 0 atom stereocenters. The van der Waals surface area contributed by atoms with Crippen molar-refractivity contribution in [1.29, 1.82) is 0 Å². The van der Waals surface area contributed by atoms with Crippen LogP contribution in [-0.4, -0.2) is 15.8 Å². The van der Waals surface area contributed by atoms with E-state index in [1.807, 2.05) is 62.4 Å². The lowest BCUT2D eigenvalue weighted by molar-refractivity contribution is -0.114. The van der Waals surface area contributed by atoms with Gasteiger partial charge in [0, 0.05) is 23.7 Å². The molecule has 0 bridgehead atoms. The number of allylic oxidation sites excluding steroid dienone is 7. The fraction of sp³-hybridized carbons (Fsp3) is 0.150. The van der Waals surface area contributed by atoms with Gasteiger partial charge in [-0.05, 0) is 31.1 Å². The van der Waals surface area contributed by atoms with Crippen molar-refractivity contribution in [3.63, 3.8) is 0 Å². The van der Waals surface area contributed by atoms with Crippen LogP contribution in [0.1, 0.15) is 25.8 Å². The number of nitrogens with zero attached hydrogens (tertiary/aromatic N) is 1. The highest BCUT2D eigenvalue weighted by Gasteiger charge is 2.15. The third kappa shape index (κ3) is 4.33. The van der Waals surface area contributed by atoms with Gasteiger partial charge in [-0.2, -0.15) is 0 Å². The number of carbonyl (C=O) groups is 1. The van der Waals surface area contributed by atoms with Crippen LogP contribution < -0.4 is 0 Å². The van der Waals surface area contributed by atoms with Gasteiger partial charge < -0.3 is 10.0 Å². The molecule has 0 unspecified atom stereocenters. The second-order valence-electron chi connectivity index (χ2n) is 5.38. The van der Waals surface area contributed by atoms with Crippen LogP contribution in [0.3, 0.4) is 0 Å². The number of carbonyl (C=O) groups excluding carboxylic acids is 1. The molecular weight excluding hydrogens is 286 g/mol. The van der Waals surface area contributed by atoms with E-state index >= 15 is 0 Å². The van der Waals surface area contributed by atoms with Crippen LogP contribution in [0, 0.1) is 0 Å². The molecule has 0 saturated carbocycles. The third-order valence-corrected chi connectivity index (χ3v) is 3.47. The van der Waals surface area contributed by atoms with E-state index in [9.17, 15) is 9.90 Å². The molecule has 0 spiro atoms. The maximum absolute atomic E-state index is 11.7. The Labute approximate surface area is 137 Å². The first kappa shape index (κ1) is 16.6. The smallest absolute Gasteiger partial charge is 0.164 e. The Hall–Kier alpha value is -2.81. The van der Waals surface area contributed by atoms with Crippen molar-refractivity contribution >= 4 is 11.4 Å². The lowest BCUT2D eigenvalue weighted by Crippen LogP contribution is -2.12. The minimum Gasteiger partial charge on any atom is -0.510 e. The van der Waals surface area contributed by atoms with Gasteiger partial charge in [0.2, 0.25) is 0 Å². The van der Waals surface area contributed by atoms with Gasteiger partial charge in [-0.3, -0.25) is 4.79 Å². The van der Waals surface area contributed by atoms with Crippen molar-refractivity contribution < 1.29 is 9.90 Å². The van der Waals surface area contributed by atoms with Gasteiger partial charge in [0.05, 0.1) is 6.42 Å². The summed E-state index contributed by atoms with van der Waals surface area (Å²) in [5.41, 5.74) is 3.49. The van der Waals surface area contributed by atoms with Gasteiger partial charge in [0.25, 0.3) is 0 Å². The summed E-state index contributed by atoms with van der Waals surface area (Å²) in [5, 5.41) is 9.84. The maximum Gasteiger partial charge on any atom is 0.164 e. The normalized spacial score (nSPS) is 16.2. The van der Waals surface area contributed by atoms with Crippen LogP contribution in [0.4, 0.5) is 0 Å². The Balaban J connectivity index is 2.39. The van der Waals surface area contributed by atoms with Crippen molar-refractivity contribution in [3.05, 3.63) is 90.1 Å². The van der Waals surface area contributed by atoms with Crippen molar-refractivity contribution in [2.75, 3.05) is 0 Å². The van der Waals surface area contributed by atoms with E-state index in [0.717, 1.165) is 16.8 Å². The fourth-order valence-electron chi connectivity index (χ4n) is 2.42. The molecule has 1 aliphatic rings. The molecule has 0 aromatic heterocycles. The highest BCUT2D eigenvalue weighted by molar-refractivity contribution is 5.92. The van der Waals surface area contributed by atoms with E-state index in [0.29, 0.717) is 5.70 Å². The molecule has 2 rings (SSSR count). The zero-order chi connectivity index (χ0) is 16.8. The lowest BCUT2D eigenvalue weighted by atomic mass is 10.0. The molecule has 0 fully saturated rings. The molecular formula is C20H21NO2. The number of ketones is 1. The van der Waals surface area contributed by atoms with Crippen molar-refractivity contribution in [3.8, 4) is 0 Å². The second kappa shape index (κ2) is 7.45. The molecule has 1 aromatic rings. The fourth-order valence-corrected chi connectivity index (χ4v) is 2.42. The van der Waals surface area contributed by atoms with E-state index in [2.05, 4.69) is 6.58 Å². The van der Waals surface area contributed by atoms with E-state index in [1.165, 1.54) is 6.08 Å². The summed E-state index contributed by atoms with van der Waals surface area (Å²) in [6.07, 6.45) is 9.00. The van der Waals surface area contributed by atoms with Crippen LogP contribution in [0.5, 0.6) is 0 Å². The zero-order valence-corrected chi connectivity index (χ0v) is 13.5. The predicted molar refractivity (Wildman–Crippen MR) is 94.3 cm³/mol. The minimum atomic E-state index is -0.118. The van der Waals surface area contributed by atoms with Crippen molar-refractivity contribution in [2.24, 2.45) is 0 Å². The summed E-state index contributed by atoms with van der Waals surface area (Å²) >= 11 is 0. The lowest BCUT2D eigenvalue weighted by Gasteiger charge is -2.21. The standard InChI is InChI=1S/C20H21NO2/c1-4-8-18(17-9-6-5-7-10-17)11-15(2)21-14-20(23)13-19(22)12-16(21)3/h4-12,14,23H,2,13H2,1,3H3/b8-4-,18-11+. The van der Waals surface area contributed by atoms with Crippen LogP contribution in [-0.2, 0) is 4.79 Å². The predicted octanol–water partition coefficient (Wildman–Crippen LogP) is 4.74. The molecule has 0 amide bonds. The zero-order valence-electron chi connectivity index (χ0n) is 13.5. The highest BCUT2D eigenvalue weighted by Crippen LogP contribution is 2.24. The first-order chi connectivity index (χ1) is 11.0. The van der Waals surface area contributed by atoms with Gasteiger partial charge in [0.1, 0.15) is 5.76 Å². The second-order valence-corrected chi connectivity index (χ2v) is 5.38. The quantitative estimate of drug-likeness (QED) is 0.817. The molecule has 118 valence electrons. The van der Waals surface area contributed by atoms with Crippen molar-refractivity contribution in [1.82, 2.24) is 4.90 Å². The molecule has 0 radical (unpaired) electrons. The monoisotopic (exact) mass is 307 g/mol. The largest absolute Gasteiger partial charge is 0.510 e. The minimum absolute atomic E-state index is 0.0191. The molecule has 3 heteroatoms. The SMILES string of the molecule is C=C(/C=C(\C=C/C)c1ccccc1)N1C=C(O)CC(=O)C=C1C. The molecule has 1 aromatic carbocycles. The summed E-state index contributed by atoms with van der Waals surface area (Å²) < 4.78 is 0. The molecule has 0 aliphatic carbocycles. The van der Waals surface area contributed by atoms with Gasteiger partial charge in [-0.1, -0.05) is 49.1 Å². The van der Waals surface area contributed by atoms with Crippen LogP contribution in [0.15, 0.2) is 84.6 Å². The number of benzene rings is 1. The molecule has 1 aliphatic heterocycles. The van der Waals surface area contributed by atoms with Gasteiger partial charge in [0.15, 0.2) is 5.78 Å². The Morgan fingerprint density at radius 1 is 1.30 bits per heavy atom. The van der Waals surface area contributed by atoms with E-state index in [1.54, 1.807) is 11.1 Å². The van der Waals surface area contributed by atoms with E-state index < -0.39 is 0 Å².